The molecule has 0 fully saturated rings. The third-order valence-corrected chi connectivity index (χ3v) is 3.73. The lowest BCUT2D eigenvalue weighted by atomic mass is 9.82. The minimum Gasteiger partial charge on any atom is -0.481 e. The molecule has 6 heteroatoms. The number of hydrogen-bond donors (Lipinski definition) is 2. The standard InChI is InChI=1S/C13H18N4O2/c1-3-13(4-2,12(18)19)9-15-11-10-5-6-16-17(10)8-7-14-11/h5-8H,3-4,9H2,1-2H3,(H,14,15)(H,18,19). The molecule has 2 heterocycles. The normalized spacial score (nSPS) is 11.7. The molecule has 0 aromatic carbocycles. The van der Waals surface area contributed by atoms with Gasteiger partial charge in [0.25, 0.3) is 0 Å². The van der Waals surface area contributed by atoms with Gasteiger partial charge in [-0.05, 0) is 18.9 Å². The zero-order valence-corrected chi connectivity index (χ0v) is 11.1. The summed E-state index contributed by atoms with van der Waals surface area (Å²) in [5.41, 5.74) is 0.0862. The number of aliphatic carboxylic acids is 1. The van der Waals surface area contributed by atoms with Gasteiger partial charge in [-0.3, -0.25) is 4.79 Å². The molecule has 0 aliphatic rings. The fourth-order valence-corrected chi connectivity index (χ4v) is 2.12. The van der Waals surface area contributed by atoms with E-state index in [1.54, 1.807) is 23.1 Å². The summed E-state index contributed by atoms with van der Waals surface area (Å²) in [5, 5.41) is 16.7. The van der Waals surface area contributed by atoms with Gasteiger partial charge in [0.05, 0.1) is 11.6 Å². The number of hydrogen-bond acceptors (Lipinski definition) is 4. The van der Waals surface area contributed by atoms with E-state index in [1.165, 1.54) is 0 Å². The second-order valence-corrected chi connectivity index (χ2v) is 4.58. The highest BCUT2D eigenvalue weighted by molar-refractivity contribution is 5.76. The zero-order valence-electron chi connectivity index (χ0n) is 11.1. The van der Waals surface area contributed by atoms with E-state index < -0.39 is 11.4 Å². The monoisotopic (exact) mass is 262 g/mol. The van der Waals surface area contributed by atoms with Gasteiger partial charge in [-0.1, -0.05) is 13.8 Å². The Morgan fingerprint density at radius 1 is 1.42 bits per heavy atom. The third kappa shape index (κ3) is 2.38. The van der Waals surface area contributed by atoms with Gasteiger partial charge in [0.15, 0.2) is 5.82 Å². The van der Waals surface area contributed by atoms with E-state index in [1.807, 2.05) is 19.9 Å². The van der Waals surface area contributed by atoms with E-state index in [2.05, 4.69) is 15.4 Å². The van der Waals surface area contributed by atoms with Crippen LogP contribution in [0.4, 0.5) is 5.82 Å². The van der Waals surface area contributed by atoms with Crippen molar-refractivity contribution in [3.63, 3.8) is 0 Å². The number of rotatable bonds is 6. The van der Waals surface area contributed by atoms with Crippen LogP contribution >= 0.6 is 0 Å². The summed E-state index contributed by atoms with van der Waals surface area (Å²) < 4.78 is 1.70. The van der Waals surface area contributed by atoms with Gasteiger partial charge < -0.3 is 10.4 Å². The Hall–Kier alpha value is -2.11. The third-order valence-electron chi connectivity index (χ3n) is 3.73. The number of nitrogens with one attached hydrogen (secondary N) is 1. The van der Waals surface area contributed by atoms with Gasteiger partial charge in [-0.2, -0.15) is 5.10 Å². The minimum absolute atomic E-state index is 0.354. The van der Waals surface area contributed by atoms with Crippen molar-refractivity contribution >= 4 is 17.3 Å². The van der Waals surface area contributed by atoms with Gasteiger partial charge >= 0.3 is 5.97 Å². The molecule has 0 radical (unpaired) electrons. The lowest BCUT2D eigenvalue weighted by Crippen LogP contribution is -2.37. The molecule has 0 amide bonds. The summed E-state index contributed by atoms with van der Waals surface area (Å²) in [6.07, 6.45) is 6.24. The van der Waals surface area contributed by atoms with Crippen LogP contribution in [0.2, 0.25) is 0 Å². The number of carbonyl (C=O) groups is 1. The van der Waals surface area contributed by atoms with E-state index in [9.17, 15) is 9.90 Å². The van der Waals surface area contributed by atoms with Crippen molar-refractivity contribution in [1.29, 1.82) is 0 Å². The second kappa shape index (κ2) is 5.26. The first-order valence-corrected chi connectivity index (χ1v) is 6.38. The van der Waals surface area contributed by atoms with Gasteiger partial charge in [-0.25, -0.2) is 9.50 Å². The van der Waals surface area contributed by atoms with Crippen molar-refractivity contribution in [2.24, 2.45) is 5.41 Å². The van der Waals surface area contributed by atoms with Crippen molar-refractivity contribution in [2.75, 3.05) is 11.9 Å². The smallest absolute Gasteiger partial charge is 0.311 e. The topological polar surface area (TPSA) is 79.5 Å². The van der Waals surface area contributed by atoms with E-state index >= 15 is 0 Å². The van der Waals surface area contributed by atoms with E-state index in [4.69, 9.17) is 0 Å². The van der Waals surface area contributed by atoms with Crippen molar-refractivity contribution in [3.05, 3.63) is 24.7 Å². The summed E-state index contributed by atoms with van der Waals surface area (Å²) in [5.74, 6) is -0.113. The largest absolute Gasteiger partial charge is 0.481 e. The van der Waals surface area contributed by atoms with Crippen molar-refractivity contribution < 1.29 is 9.90 Å². The molecular formula is C13H18N4O2. The average Bonchev–Trinajstić information content (AvgIpc) is 2.89. The molecular weight excluding hydrogens is 244 g/mol. The molecule has 0 aliphatic carbocycles. The van der Waals surface area contributed by atoms with Crippen LogP contribution in [0.5, 0.6) is 0 Å². The summed E-state index contributed by atoms with van der Waals surface area (Å²) >= 11 is 0. The molecule has 2 N–H and O–H groups in total. The van der Waals surface area contributed by atoms with Crippen LogP contribution < -0.4 is 5.32 Å². The quantitative estimate of drug-likeness (QED) is 0.832. The molecule has 0 saturated carbocycles. The van der Waals surface area contributed by atoms with Crippen molar-refractivity contribution in [2.45, 2.75) is 26.7 Å². The molecule has 0 spiro atoms. The summed E-state index contributed by atoms with van der Waals surface area (Å²) in [4.78, 5) is 15.7. The highest BCUT2D eigenvalue weighted by Gasteiger charge is 2.34. The molecule has 2 rings (SSSR count). The maximum Gasteiger partial charge on any atom is 0.311 e. The van der Waals surface area contributed by atoms with Crippen LogP contribution in [0.15, 0.2) is 24.7 Å². The Labute approximate surface area is 111 Å². The fourth-order valence-electron chi connectivity index (χ4n) is 2.12. The predicted molar refractivity (Wildman–Crippen MR) is 72.1 cm³/mol. The average molecular weight is 262 g/mol. The minimum atomic E-state index is -0.773. The van der Waals surface area contributed by atoms with E-state index in [0.717, 1.165) is 5.52 Å². The van der Waals surface area contributed by atoms with Gasteiger partial charge in [0, 0.05) is 18.9 Å². The van der Waals surface area contributed by atoms with Crippen molar-refractivity contribution in [3.8, 4) is 0 Å². The molecule has 0 aliphatic heterocycles. The number of nitrogens with zero attached hydrogens (tertiary/aromatic N) is 3. The Bertz CT molecular complexity index is 575. The molecule has 0 saturated heterocycles. The summed E-state index contributed by atoms with van der Waals surface area (Å²) in [6.45, 7) is 4.14. The van der Waals surface area contributed by atoms with Crippen molar-refractivity contribution in [1.82, 2.24) is 14.6 Å². The SMILES string of the molecule is CCC(CC)(CNc1nccn2nccc12)C(=O)O. The van der Waals surface area contributed by atoms with Gasteiger partial charge in [-0.15, -0.1) is 0 Å². The van der Waals surface area contributed by atoms with Crippen LogP contribution in [0, 0.1) is 5.41 Å². The second-order valence-electron chi connectivity index (χ2n) is 4.58. The number of anilines is 1. The Kier molecular flexibility index (Phi) is 3.69. The van der Waals surface area contributed by atoms with Gasteiger partial charge in [0.2, 0.25) is 0 Å². The maximum absolute atomic E-state index is 11.4. The number of carboxylic acids is 1. The summed E-state index contributed by atoms with van der Waals surface area (Å²) in [6, 6.07) is 1.84. The fraction of sp³-hybridized carbons (Fsp3) is 0.462. The molecule has 102 valence electrons. The first-order valence-electron chi connectivity index (χ1n) is 6.38. The Morgan fingerprint density at radius 2 is 2.16 bits per heavy atom. The molecule has 6 nitrogen and oxygen atoms in total. The lowest BCUT2D eigenvalue weighted by Gasteiger charge is -2.27. The Balaban J connectivity index is 2.22. The summed E-state index contributed by atoms with van der Waals surface area (Å²) in [7, 11) is 0. The molecule has 2 aromatic heterocycles. The first-order chi connectivity index (χ1) is 9.13. The number of fused-ring (bicyclic) bond motifs is 1. The molecule has 2 aromatic rings. The Morgan fingerprint density at radius 3 is 2.79 bits per heavy atom. The van der Waals surface area contributed by atoms with E-state index in [-0.39, 0.29) is 0 Å². The number of aromatic nitrogens is 3. The van der Waals surface area contributed by atoms with Gasteiger partial charge in [0.1, 0.15) is 5.52 Å². The maximum atomic E-state index is 11.4. The number of carboxylic acid groups (broad SMARTS) is 1. The molecule has 0 bridgehead atoms. The first kappa shape index (κ1) is 13.3. The molecule has 0 unspecified atom stereocenters. The predicted octanol–water partition coefficient (Wildman–Crippen LogP) is 2.03. The highest BCUT2D eigenvalue weighted by atomic mass is 16.4. The molecule has 0 atom stereocenters. The zero-order chi connectivity index (χ0) is 13.9. The van der Waals surface area contributed by atoms with Crippen LogP contribution in [0.1, 0.15) is 26.7 Å². The molecule has 19 heavy (non-hydrogen) atoms. The van der Waals surface area contributed by atoms with Crippen LogP contribution in [0.3, 0.4) is 0 Å². The highest BCUT2D eigenvalue weighted by Crippen LogP contribution is 2.27. The van der Waals surface area contributed by atoms with Crippen LogP contribution in [-0.4, -0.2) is 32.2 Å². The lowest BCUT2D eigenvalue weighted by molar-refractivity contribution is -0.148. The van der Waals surface area contributed by atoms with Crippen LogP contribution in [0.25, 0.3) is 5.52 Å². The van der Waals surface area contributed by atoms with E-state index in [0.29, 0.717) is 25.2 Å². The van der Waals surface area contributed by atoms with Crippen LogP contribution in [-0.2, 0) is 4.79 Å².